The van der Waals surface area contributed by atoms with Crippen molar-refractivity contribution in [3.8, 4) is 5.75 Å². The minimum atomic E-state index is 0.589. The molecule has 0 spiro atoms. The number of fused-ring (bicyclic) bond motifs is 3. The molecule has 0 bridgehead atoms. The van der Waals surface area contributed by atoms with Crippen LogP contribution in [0, 0.1) is 0 Å². The monoisotopic (exact) mass is 299 g/mol. The van der Waals surface area contributed by atoms with Gasteiger partial charge in [0.2, 0.25) is 0 Å². The van der Waals surface area contributed by atoms with E-state index in [1.807, 2.05) is 30.5 Å². The SMILES string of the molecule is COc1cc2c(SC)cc(/C=N/O)nc2c2ncccc12. The van der Waals surface area contributed by atoms with Gasteiger partial charge in [0.1, 0.15) is 11.3 Å². The normalized spacial score (nSPS) is 11.5. The third kappa shape index (κ3) is 2.27. The summed E-state index contributed by atoms with van der Waals surface area (Å²) >= 11 is 1.60. The van der Waals surface area contributed by atoms with E-state index in [-0.39, 0.29) is 0 Å². The standard InChI is InChI=1S/C15H13N3O2S/c1-20-12-7-11-13(21-2)6-9(8-17-19)18-15(11)14-10(12)4-3-5-16-14/h3-8,19H,1-2H3/b17-8+. The van der Waals surface area contributed by atoms with Gasteiger partial charge in [0.25, 0.3) is 0 Å². The minimum absolute atomic E-state index is 0.589. The van der Waals surface area contributed by atoms with Crippen LogP contribution in [0.15, 0.2) is 40.5 Å². The minimum Gasteiger partial charge on any atom is -0.496 e. The number of thioether (sulfide) groups is 1. The summed E-state index contributed by atoms with van der Waals surface area (Å²) in [6.07, 6.45) is 5.04. The summed E-state index contributed by atoms with van der Waals surface area (Å²) in [7, 11) is 1.65. The van der Waals surface area contributed by atoms with E-state index in [0.717, 1.165) is 32.5 Å². The van der Waals surface area contributed by atoms with Crippen molar-refractivity contribution in [1.82, 2.24) is 9.97 Å². The number of rotatable bonds is 3. The Morgan fingerprint density at radius 3 is 2.86 bits per heavy atom. The van der Waals surface area contributed by atoms with Gasteiger partial charge in [-0.1, -0.05) is 5.16 Å². The van der Waals surface area contributed by atoms with Crippen molar-refractivity contribution in [3.63, 3.8) is 0 Å². The summed E-state index contributed by atoms with van der Waals surface area (Å²) in [6, 6.07) is 7.66. The van der Waals surface area contributed by atoms with E-state index in [0.29, 0.717) is 5.69 Å². The van der Waals surface area contributed by atoms with Crippen molar-refractivity contribution in [1.29, 1.82) is 0 Å². The van der Waals surface area contributed by atoms with Gasteiger partial charge >= 0.3 is 0 Å². The first kappa shape index (κ1) is 13.6. The number of aromatic nitrogens is 2. The van der Waals surface area contributed by atoms with Crippen LogP contribution < -0.4 is 4.74 Å². The molecule has 0 aliphatic rings. The predicted molar refractivity (Wildman–Crippen MR) is 84.8 cm³/mol. The van der Waals surface area contributed by atoms with Gasteiger partial charge in [0.05, 0.1) is 24.5 Å². The third-order valence-corrected chi connectivity index (χ3v) is 4.02. The summed E-state index contributed by atoms with van der Waals surface area (Å²) < 4.78 is 5.47. The van der Waals surface area contributed by atoms with Gasteiger partial charge < -0.3 is 9.94 Å². The molecule has 6 heteroatoms. The molecule has 0 radical (unpaired) electrons. The molecule has 1 N–H and O–H groups in total. The molecule has 21 heavy (non-hydrogen) atoms. The van der Waals surface area contributed by atoms with Gasteiger partial charge in [-0.05, 0) is 30.5 Å². The quantitative estimate of drug-likeness (QED) is 0.264. The maximum Gasteiger partial charge on any atom is 0.129 e. The molecule has 2 heterocycles. The highest BCUT2D eigenvalue weighted by molar-refractivity contribution is 7.98. The second-order valence-electron chi connectivity index (χ2n) is 4.37. The number of methoxy groups -OCH3 is 1. The number of nitrogens with zero attached hydrogens (tertiary/aromatic N) is 3. The average Bonchev–Trinajstić information content (AvgIpc) is 2.53. The van der Waals surface area contributed by atoms with Crippen LogP contribution in [0.4, 0.5) is 0 Å². The fraction of sp³-hybridized carbons (Fsp3) is 0.133. The molecule has 2 aromatic heterocycles. The second kappa shape index (κ2) is 5.57. The molecular formula is C15H13N3O2S. The molecule has 0 amide bonds. The summed E-state index contributed by atoms with van der Waals surface area (Å²) in [5.74, 6) is 0.770. The zero-order valence-corrected chi connectivity index (χ0v) is 12.4. The molecule has 5 nitrogen and oxygen atoms in total. The number of benzene rings is 1. The van der Waals surface area contributed by atoms with Crippen LogP contribution in [0.5, 0.6) is 5.75 Å². The molecule has 3 rings (SSSR count). The predicted octanol–water partition coefficient (Wildman–Crippen LogP) is 3.32. The maximum absolute atomic E-state index is 8.74. The summed E-state index contributed by atoms with van der Waals surface area (Å²) in [6.45, 7) is 0. The Morgan fingerprint density at radius 2 is 2.14 bits per heavy atom. The number of hydrogen-bond acceptors (Lipinski definition) is 6. The largest absolute Gasteiger partial charge is 0.496 e. The molecule has 0 unspecified atom stereocenters. The van der Waals surface area contributed by atoms with Gasteiger partial charge in [-0.2, -0.15) is 0 Å². The molecule has 0 aliphatic carbocycles. The molecule has 0 atom stereocenters. The van der Waals surface area contributed by atoms with Crippen molar-refractivity contribution in [2.75, 3.05) is 13.4 Å². The Kier molecular flexibility index (Phi) is 3.62. The molecule has 3 aromatic rings. The Balaban J connectivity index is 2.50. The van der Waals surface area contributed by atoms with E-state index < -0.39 is 0 Å². The lowest BCUT2D eigenvalue weighted by Crippen LogP contribution is -1.95. The van der Waals surface area contributed by atoms with E-state index in [4.69, 9.17) is 9.94 Å². The van der Waals surface area contributed by atoms with Crippen LogP contribution in [0.1, 0.15) is 5.69 Å². The zero-order valence-electron chi connectivity index (χ0n) is 11.6. The van der Waals surface area contributed by atoms with Gasteiger partial charge in [0.15, 0.2) is 0 Å². The van der Waals surface area contributed by atoms with Crippen LogP contribution >= 0.6 is 11.8 Å². The lowest BCUT2D eigenvalue weighted by Gasteiger charge is -2.11. The average molecular weight is 299 g/mol. The first-order valence-corrected chi connectivity index (χ1v) is 7.49. The molecule has 0 saturated heterocycles. The van der Waals surface area contributed by atoms with Crippen LogP contribution in [0.25, 0.3) is 21.8 Å². The Morgan fingerprint density at radius 1 is 1.29 bits per heavy atom. The van der Waals surface area contributed by atoms with Gasteiger partial charge in [-0.15, -0.1) is 11.8 Å². The molecule has 0 fully saturated rings. The van der Waals surface area contributed by atoms with Crippen LogP contribution in [-0.2, 0) is 0 Å². The fourth-order valence-corrected chi connectivity index (χ4v) is 2.95. The van der Waals surface area contributed by atoms with E-state index >= 15 is 0 Å². The molecule has 0 aliphatic heterocycles. The molecule has 0 saturated carbocycles. The highest BCUT2D eigenvalue weighted by atomic mass is 32.2. The summed E-state index contributed by atoms with van der Waals surface area (Å²) in [4.78, 5) is 10.0. The highest BCUT2D eigenvalue weighted by Crippen LogP contribution is 2.35. The van der Waals surface area contributed by atoms with Crippen LogP contribution in [0.2, 0.25) is 0 Å². The third-order valence-electron chi connectivity index (χ3n) is 3.24. The topological polar surface area (TPSA) is 67.6 Å². The Labute approximate surface area is 125 Å². The molecule has 106 valence electrons. The summed E-state index contributed by atoms with van der Waals surface area (Å²) in [5, 5.41) is 13.7. The van der Waals surface area contributed by atoms with Crippen molar-refractivity contribution in [3.05, 3.63) is 36.2 Å². The highest BCUT2D eigenvalue weighted by Gasteiger charge is 2.13. The van der Waals surface area contributed by atoms with Crippen LogP contribution in [-0.4, -0.2) is 34.8 Å². The maximum atomic E-state index is 8.74. The lowest BCUT2D eigenvalue weighted by atomic mass is 10.1. The first-order chi connectivity index (χ1) is 10.3. The van der Waals surface area contributed by atoms with E-state index in [1.165, 1.54) is 6.21 Å². The number of oxime groups is 1. The van der Waals surface area contributed by atoms with Crippen molar-refractivity contribution in [2.45, 2.75) is 4.90 Å². The van der Waals surface area contributed by atoms with Crippen molar-refractivity contribution >= 4 is 39.8 Å². The zero-order chi connectivity index (χ0) is 14.8. The van der Waals surface area contributed by atoms with E-state index in [9.17, 15) is 0 Å². The van der Waals surface area contributed by atoms with Gasteiger partial charge in [-0.3, -0.25) is 4.98 Å². The van der Waals surface area contributed by atoms with Crippen LogP contribution in [0.3, 0.4) is 0 Å². The van der Waals surface area contributed by atoms with Crippen molar-refractivity contribution in [2.24, 2.45) is 5.16 Å². The van der Waals surface area contributed by atoms with Crippen molar-refractivity contribution < 1.29 is 9.94 Å². The van der Waals surface area contributed by atoms with Gasteiger partial charge in [-0.25, -0.2) is 4.98 Å². The molecular weight excluding hydrogens is 286 g/mol. The molecule has 1 aromatic carbocycles. The number of ether oxygens (including phenoxy) is 1. The van der Waals surface area contributed by atoms with Gasteiger partial charge in [0, 0.05) is 21.9 Å². The van der Waals surface area contributed by atoms with E-state index in [1.54, 1.807) is 25.1 Å². The fourth-order valence-electron chi connectivity index (χ4n) is 2.34. The van der Waals surface area contributed by atoms with E-state index in [2.05, 4.69) is 15.1 Å². The Bertz CT molecular complexity index is 849. The lowest BCUT2D eigenvalue weighted by molar-refractivity contribution is 0.321. The second-order valence-corrected chi connectivity index (χ2v) is 5.22. The number of pyridine rings is 2. The Hall–Kier alpha value is -2.34. The smallest absolute Gasteiger partial charge is 0.129 e. The summed E-state index contributed by atoms with van der Waals surface area (Å²) in [5.41, 5.74) is 2.13. The number of hydrogen-bond donors (Lipinski definition) is 1. The first-order valence-electron chi connectivity index (χ1n) is 6.26.